The Morgan fingerprint density at radius 1 is 1.35 bits per heavy atom. The summed E-state index contributed by atoms with van der Waals surface area (Å²) in [5.41, 5.74) is 12.5. The zero-order valence-electron chi connectivity index (χ0n) is 12.3. The number of halogens is 2. The van der Waals surface area contributed by atoms with E-state index in [0.29, 0.717) is 5.56 Å². The Kier molecular flexibility index (Phi) is 4.07. The van der Waals surface area contributed by atoms with Crippen LogP contribution in [0.3, 0.4) is 0 Å². The lowest BCUT2D eigenvalue weighted by Crippen LogP contribution is -2.41. The van der Waals surface area contributed by atoms with Crippen LogP contribution in [0, 0.1) is 17.2 Å². The Labute approximate surface area is 131 Å². The van der Waals surface area contributed by atoms with E-state index < -0.39 is 18.8 Å². The molecule has 23 heavy (non-hydrogen) atoms. The maximum absolute atomic E-state index is 12.7. The van der Waals surface area contributed by atoms with Gasteiger partial charge in [-0.05, 0) is 13.0 Å². The molecule has 0 spiro atoms. The Morgan fingerprint density at radius 2 is 2.09 bits per heavy atom. The van der Waals surface area contributed by atoms with Gasteiger partial charge in [0.15, 0.2) is 6.23 Å². The number of fused-ring (bicyclic) bond motifs is 1. The molecule has 2 heterocycles. The lowest BCUT2D eigenvalue weighted by molar-refractivity contribution is -0.0510. The second kappa shape index (κ2) is 6.02. The summed E-state index contributed by atoms with van der Waals surface area (Å²) in [5, 5.41) is 9.47. The molecule has 0 saturated carbocycles. The van der Waals surface area contributed by atoms with Gasteiger partial charge in [0.1, 0.15) is 11.8 Å². The number of hydrazine groups is 1. The van der Waals surface area contributed by atoms with E-state index >= 15 is 0 Å². The molecule has 8 heteroatoms. The molecule has 2 aliphatic rings. The summed E-state index contributed by atoms with van der Waals surface area (Å²) in [5.74, 6) is -0.674. The average molecular weight is 322 g/mol. The molecule has 6 nitrogen and oxygen atoms in total. The van der Waals surface area contributed by atoms with Crippen molar-refractivity contribution in [3.8, 4) is 11.8 Å². The number of nitriles is 1. The Hall–Kier alpha value is -2.37. The van der Waals surface area contributed by atoms with Gasteiger partial charge in [0, 0.05) is 23.4 Å². The number of hydrogen-bond donors (Lipinski definition) is 3. The van der Waals surface area contributed by atoms with Crippen molar-refractivity contribution < 1.29 is 18.3 Å². The first-order chi connectivity index (χ1) is 11.0. The largest absolute Gasteiger partial charge is 0.458 e. The lowest BCUT2D eigenvalue weighted by atomic mass is 9.76. The van der Waals surface area contributed by atoms with E-state index in [1.807, 2.05) is 13.0 Å². The highest BCUT2D eigenvalue weighted by atomic mass is 19.3. The highest BCUT2D eigenvalue weighted by Gasteiger charge is 2.47. The van der Waals surface area contributed by atoms with Gasteiger partial charge in [0.05, 0.1) is 5.57 Å². The minimum absolute atomic E-state index is 0.00556. The fourth-order valence-corrected chi connectivity index (χ4v) is 3.21. The molecule has 4 unspecified atom stereocenters. The zero-order valence-corrected chi connectivity index (χ0v) is 12.3. The number of allylic oxidation sites excluding steroid dienone is 1. The lowest BCUT2D eigenvalue weighted by Gasteiger charge is -2.35. The van der Waals surface area contributed by atoms with Crippen molar-refractivity contribution in [1.82, 2.24) is 10.9 Å². The number of nitrogens with one attached hydrogen (secondary N) is 2. The Morgan fingerprint density at radius 3 is 2.78 bits per heavy atom. The third-order valence-corrected chi connectivity index (χ3v) is 4.19. The van der Waals surface area contributed by atoms with Crippen LogP contribution in [0.2, 0.25) is 0 Å². The van der Waals surface area contributed by atoms with E-state index in [4.69, 9.17) is 10.5 Å². The van der Waals surface area contributed by atoms with Gasteiger partial charge in [0.25, 0.3) is 0 Å². The van der Waals surface area contributed by atoms with E-state index in [1.54, 1.807) is 18.2 Å². The van der Waals surface area contributed by atoms with Gasteiger partial charge < -0.3 is 15.2 Å². The molecule has 1 aromatic rings. The predicted octanol–water partition coefficient (Wildman–Crippen LogP) is 1.53. The Balaban J connectivity index is 2.11. The first-order valence-corrected chi connectivity index (χ1v) is 7.14. The molecule has 1 saturated heterocycles. The number of nitrogens with two attached hydrogens (primary N) is 1. The van der Waals surface area contributed by atoms with Crippen LogP contribution < -0.4 is 21.3 Å². The molecule has 4 N–H and O–H groups in total. The zero-order chi connectivity index (χ0) is 16.6. The van der Waals surface area contributed by atoms with Crippen molar-refractivity contribution in [3.05, 3.63) is 41.3 Å². The number of rotatable bonds is 3. The number of benzene rings is 1. The van der Waals surface area contributed by atoms with Crippen LogP contribution in [-0.2, 0) is 4.74 Å². The smallest absolute Gasteiger partial charge is 0.387 e. The number of nitrogens with zero attached hydrogens (tertiary/aromatic N) is 1. The van der Waals surface area contributed by atoms with Crippen LogP contribution in [0.5, 0.6) is 5.75 Å². The van der Waals surface area contributed by atoms with Gasteiger partial charge >= 0.3 is 6.61 Å². The van der Waals surface area contributed by atoms with E-state index in [2.05, 4.69) is 15.6 Å². The quantitative estimate of drug-likeness (QED) is 0.782. The third-order valence-electron chi connectivity index (χ3n) is 4.19. The van der Waals surface area contributed by atoms with Crippen molar-refractivity contribution in [2.24, 2.45) is 11.7 Å². The molecule has 4 atom stereocenters. The van der Waals surface area contributed by atoms with Crippen molar-refractivity contribution in [1.29, 1.82) is 5.26 Å². The third kappa shape index (κ3) is 2.69. The van der Waals surface area contributed by atoms with Crippen molar-refractivity contribution in [2.45, 2.75) is 31.7 Å². The van der Waals surface area contributed by atoms with Gasteiger partial charge in [-0.3, -0.25) is 5.43 Å². The first-order valence-electron chi connectivity index (χ1n) is 7.14. The van der Waals surface area contributed by atoms with Crippen LogP contribution in [0.15, 0.2) is 35.7 Å². The number of ether oxygens (including phenoxy) is 2. The van der Waals surface area contributed by atoms with Crippen molar-refractivity contribution >= 4 is 0 Å². The van der Waals surface area contributed by atoms with E-state index in [9.17, 15) is 14.0 Å². The molecule has 122 valence electrons. The summed E-state index contributed by atoms with van der Waals surface area (Å²) in [6.45, 7) is -1.03. The predicted molar refractivity (Wildman–Crippen MR) is 76.7 cm³/mol. The molecule has 1 fully saturated rings. The highest BCUT2D eigenvalue weighted by molar-refractivity contribution is 5.47. The molecule has 0 amide bonds. The molecule has 3 rings (SSSR count). The second-order valence-electron chi connectivity index (χ2n) is 5.48. The minimum Gasteiger partial charge on any atom is -0.458 e. The molecule has 0 radical (unpaired) electrons. The molecular weight excluding hydrogens is 306 g/mol. The molecule has 0 bridgehead atoms. The summed E-state index contributed by atoms with van der Waals surface area (Å²) in [6.07, 6.45) is -0.452. The fraction of sp³-hybridized carbons (Fsp3) is 0.400. The van der Waals surface area contributed by atoms with Gasteiger partial charge in [0.2, 0.25) is 5.88 Å². The Bertz CT molecular complexity index is 674. The number of para-hydroxylation sites is 1. The maximum Gasteiger partial charge on any atom is 0.387 e. The van der Waals surface area contributed by atoms with E-state index in [0.717, 1.165) is 0 Å². The van der Waals surface area contributed by atoms with Crippen LogP contribution in [-0.4, -0.2) is 18.9 Å². The normalized spacial score (nSPS) is 29.9. The highest BCUT2D eigenvalue weighted by Crippen LogP contribution is 2.45. The topological polar surface area (TPSA) is 92.3 Å². The van der Waals surface area contributed by atoms with Crippen LogP contribution in [0.25, 0.3) is 0 Å². The van der Waals surface area contributed by atoms with Crippen LogP contribution in [0.1, 0.15) is 18.4 Å². The van der Waals surface area contributed by atoms with Gasteiger partial charge in [-0.15, -0.1) is 0 Å². The monoisotopic (exact) mass is 322 g/mol. The molecule has 1 aromatic carbocycles. The summed E-state index contributed by atoms with van der Waals surface area (Å²) in [4.78, 5) is 0. The number of hydrogen-bond acceptors (Lipinski definition) is 6. The molecule has 0 aromatic heterocycles. The summed E-state index contributed by atoms with van der Waals surface area (Å²) in [6, 6.07) is 8.43. The summed E-state index contributed by atoms with van der Waals surface area (Å²) in [7, 11) is 0. The minimum atomic E-state index is -2.95. The fourth-order valence-electron chi connectivity index (χ4n) is 3.21. The van der Waals surface area contributed by atoms with Gasteiger partial charge in [-0.25, -0.2) is 5.43 Å². The molecule has 0 aliphatic carbocycles. The second-order valence-corrected chi connectivity index (χ2v) is 5.48. The first kappa shape index (κ1) is 15.5. The summed E-state index contributed by atoms with van der Waals surface area (Å²) >= 11 is 0. The van der Waals surface area contributed by atoms with E-state index in [-0.39, 0.29) is 29.2 Å². The summed E-state index contributed by atoms with van der Waals surface area (Å²) < 4.78 is 35.5. The standard InChI is InChI=1S/C15H16F2N4O2/c1-7-11-12(8-4-2-3-5-10(8)22-15(16)17)9(6-18)13(19)23-14(11)21-20-7/h2-5,7,11-12,14-15,20-21H,19H2,1H3. The van der Waals surface area contributed by atoms with Crippen LogP contribution >= 0.6 is 0 Å². The maximum atomic E-state index is 12.7. The van der Waals surface area contributed by atoms with E-state index in [1.165, 1.54) is 6.07 Å². The average Bonchev–Trinajstić information content (AvgIpc) is 2.87. The van der Waals surface area contributed by atoms with Crippen molar-refractivity contribution in [2.75, 3.05) is 0 Å². The number of alkyl halides is 2. The van der Waals surface area contributed by atoms with Gasteiger partial charge in [-0.1, -0.05) is 18.2 Å². The molecule has 2 aliphatic heterocycles. The molecular formula is C15H16F2N4O2. The van der Waals surface area contributed by atoms with Gasteiger partial charge in [-0.2, -0.15) is 14.0 Å². The van der Waals surface area contributed by atoms with Crippen molar-refractivity contribution in [3.63, 3.8) is 0 Å². The SMILES string of the molecule is CC1NNC2OC(N)=C(C#N)C(c3ccccc3OC(F)F)C12. The van der Waals surface area contributed by atoms with Crippen LogP contribution in [0.4, 0.5) is 8.78 Å².